The fraction of sp³-hybridized carbons (Fsp3) is 0.0769. The summed E-state index contributed by atoms with van der Waals surface area (Å²) < 4.78 is 1.99. The number of rotatable bonds is 1. The minimum Gasteiger partial charge on any atom is -0.338 e. The van der Waals surface area contributed by atoms with Gasteiger partial charge in [-0.3, -0.25) is 0 Å². The van der Waals surface area contributed by atoms with Crippen LogP contribution in [0.15, 0.2) is 42.7 Å². The van der Waals surface area contributed by atoms with Crippen molar-refractivity contribution in [2.75, 3.05) is 0 Å². The average molecular weight is 245 g/mol. The van der Waals surface area contributed by atoms with E-state index in [-0.39, 0.29) is 0 Å². The lowest BCUT2D eigenvalue weighted by Crippen LogP contribution is -2.25. The Bertz CT molecular complexity index is 671. The van der Waals surface area contributed by atoms with Gasteiger partial charge in [0.05, 0.1) is 11.0 Å². The van der Waals surface area contributed by atoms with Crippen molar-refractivity contribution < 1.29 is 4.57 Å². The van der Waals surface area contributed by atoms with Crippen LogP contribution >= 0.6 is 11.6 Å². The van der Waals surface area contributed by atoms with E-state index < -0.39 is 0 Å². The van der Waals surface area contributed by atoms with Crippen LogP contribution in [0.2, 0.25) is 5.02 Å². The number of hydrogen-bond acceptors (Lipinski definition) is 1. The van der Waals surface area contributed by atoms with Crippen LogP contribution in [0.25, 0.3) is 22.4 Å². The van der Waals surface area contributed by atoms with Gasteiger partial charge in [-0.1, -0.05) is 11.6 Å². The first-order chi connectivity index (χ1) is 8.22. The number of hydrogen-bond donors (Lipinski definition) is 1. The van der Waals surface area contributed by atoms with Crippen LogP contribution in [0.1, 0.15) is 0 Å². The van der Waals surface area contributed by atoms with Crippen molar-refractivity contribution >= 4 is 22.6 Å². The summed E-state index contributed by atoms with van der Waals surface area (Å²) in [7, 11) is 1.99. The Morgan fingerprint density at radius 1 is 1.18 bits per heavy atom. The van der Waals surface area contributed by atoms with Crippen molar-refractivity contribution in [1.82, 2.24) is 9.97 Å². The number of imidazole rings is 1. The fourth-order valence-electron chi connectivity index (χ4n) is 1.78. The highest BCUT2D eigenvalue weighted by Crippen LogP contribution is 2.21. The van der Waals surface area contributed by atoms with Gasteiger partial charge in [-0.15, -0.1) is 0 Å². The molecule has 0 aliphatic carbocycles. The van der Waals surface area contributed by atoms with Crippen LogP contribution in [0, 0.1) is 0 Å². The van der Waals surface area contributed by atoms with Gasteiger partial charge in [0.25, 0.3) is 0 Å². The second-order valence-corrected chi connectivity index (χ2v) is 4.44. The summed E-state index contributed by atoms with van der Waals surface area (Å²) in [5, 5.41) is 0.715. The van der Waals surface area contributed by atoms with Gasteiger partial charge >= 0.3 is 0 Å². The molecule has 0 aliphatic rings. The summed E-state index contributed by atoms with van der Waals surface area (Å²) in [6.45, 7) is 0. The highest BCUT2D eigenvalue weighted by atomic mass is 35.5. The SMILES string of the molecule is C[n+]1ccc(-c2nc3ccc(Cl)cc3[nH]2)cc1. The summed E-state index contributed by atoms with van der Waals surface area (Å²) in [6, 6.07) is 9.70. The lowest BCUT2D eigenvalue weighted by molar-refractivity contribution is -0.671. The molecule has 84 valence electrons. The Morgan fingerprint density at radius 3 is 2.71 bits per heavy atom. The second-order valence-electron chi connectivity index (χ2n) is 4.00. The minimum absolute atomic E-state index is 0.715. The molecule has 0 spiro atoms. The number of nitrogens with one attached hydrogen (secondary N) is 1. The van der Waals surface area contributed by atoms with Gasteiger partial charge in [0, 0.05) is 22.7 Å². The zero-order chi connectivity index (χ0) is 11.8. The molecule has 2 aromatic heterocycles. The van der Waals surface area contributed by atoms with Crippen LogP contribution in [-0.4, -0.2) is 9.97 Å². The van der Waals surface area contributed by atoms with Gasteiger partial charge in [0.15, 0.2) is 12.4 Å². The van der Waals surface area contributed by atoms with Crippen LogP contribution in [0.3, 0.4) is 0 Å². The summed E-state index contributed by atoms with van der Waals surface area (Å²) in [5.41, 5.74) is 2.95. The van der Waals surface area contributed by atoms with E-state index in [1.807, 2.05) is 54.3 Å². The van der Waals surface area contributed by atoms with Crippen LogP contribution in [0.4, 0.5) is 0 Å². The Morgan fingerprint density at radius 2 is 1.94 bits per heavy atom. The van der Waals surface area contributed by atoms with Crippen molar-refractivity contribution in [1.29, 1.82) is 0 Å². The smallest absolute Gasteiger partial charge is 0.169 e. The quantitative estimate of drug-likeness (QED) is 0.656. The monoisotopic (exact) mass is 244 g/mol. The van der Waals surface area contributed by atoms with Crippen molar-refractivity contribution in [2.45, 2.75) is 0 Å². The normalized spacial score (nSPS) is 10.9. The molecule has 3 rings (SSSR count). The van der Waals surface area contributed by atoms with E-state index in [2.05, 4.69) is 9.97 Å². The summed E-state index contributed by atoms with van der Waals surface area (Å²) in [5.74, 6) is 0.864. The average Bonchev–Trinajstić information content (AvgIpc) is 2.72. The molecule has 0 saturated carbocycles. The van der Waals surface area contributed by atoms with Crippen molar-refractivity contribution in [3.05, 3.63) is 47.7 Å². The predicted octanol–water partition coefficient (Wildman–Crippen LogP) is 2.71. The maximum absolute atomic E-state index is 5.94. The van der Waals surface area contributed by atoms with Gasteiger partial charge in [0.2, 0.25) is 0 Å². The summed E-state index contributed by atoms with van der Waals surface area (Å²) in [6.07, 6.45) is 3.99. The van der Waals surface area contributed by atoms with Crippen LogP contribution in [-0.2, 0) is 7.05 Å². The number of nitrogens with zero attached hydrogens (tertiary/aromatic N) is 2. The topological polar surface area (TPSA) is 32.6 Å². The zero-order valence-electron chi connectivity index (χ0n) is 9.31. The fourth-order valence-corrected chi connectivity index (χ4v) is 1.95. The first-order valence-corrected chi connectivity index (χ1v) is 5.71. The van der Waals surface area contributed by atoms with Crippen LogP contribution < -0.4 is 4.57 Å². The molecule has 0 fully saturated rings. The lowest BCUT2D eigenvalue weighted by atomic mass is 10.2. The maximum atomic E-state index is 5.94. The molecule has 3 aromatic rings. The number of aromatic nitrogens is 3. The second kappa shape index (κ2) is 3.86. The van der Waals surface area contributed by atoms with Gasteiger partial charge < -0.3 is 4.98 Å². The molecule has 1 N–H and O–H groups in total. The molecular formula is C13H11ClN3+. The van der Waals surface area contributed by atoms with E-state index in [0.29, 0.717) is 5.02 Å². The molecular weight excluding hydrogens is 234 g/mol. The number of H-pyrrole nitrogens is 1. The zero-order valence-corrected chi connectivity index (χ0v) is 10.1. The number of fused-ring (bicyclic) bond motifs is 1. The Balaban J connectivity index is 2.14. The Hall–Kier alpha value is -1.87. The highest BCUT2D eigenvalue weighted by molar-refractivity contribution is 6.31. The lowest BCUT2D eigenvalue weighted by Gasteiger charge is -1.93. The maximum Gasteiger partial charge on any atom is 0.169 e. The molecule has 0 saturated heterocycles. The van der Waals surface area contributed by atoms with E-state index in [1.54, 1.807) is 0 Å². The van der Waals surface area contributed by atoms with Crippen molar-refractivity contribution in [3.63, 3.8) is 0 Å². The molecule has 0 unspecified atom stereocenters. The molecule has 0 atom stereocenters. The van der Waals surface area contributed by atoms with Gasteiger partial charge in [-0.2, -0.15) is 0 Å². The Labute approximate surface area is 104 Å². The van der Waals surface area contributed by atoms with E-state index in [9.17, 15) is 0 Å². The molecule has 0 bridgehead atoms. The van der Waals surface area contributed by atoms with Crippen molar-refractivity contribution in [2.24, 2.45) is 7.05 Å². The third kappa shape index (κ3) is 1.89. The highest BCUT2D eigenvalue weighted by Gasteiger charge is 2.06. The largest absolute Gasteiger partial charge is 0.338 e. The molecule has 17 heavy (non-hydrogen) atoms. The molecule has 3 nitrogen and oxygen atoms in total. The van der Waals surface area contributed by atoms with E-state index in [1.165, 1.54) is 0 Å². The van der Waals surface area contributed by atoms with E-state index in [4.69, 9.17) is 11.6 Å². The Kier molecular flexibility index (Phi) is 2.34. The summed E-state index contributed by atoms with van der Waals surface area (Å²) in [4.78, 5) is 7.80. The standard InChI is InChI=1S/C13H10ClN3/c1-17-6-4-9(5-7-17)13-15-11-3-2-10(14)8-12(11)16-13/h2-8H,1H3/p+1. The molecule has 1 aromatic carbocycles. The van der Waals surface area contributed by atoms with E-state index >= 15 is 0 Å². The number of aromatic amines is 1. The van der Waals surface area contributed by atoms with E-state index in [0.717, 1.165) is 22.4 Å². The predicted molar refractivity (Wildman–Crippen MR) is 67.7 cm³/mol. The van der Waals surface area contributed by atoms with Gasteiger partial charge in [-0.25, -0.2) is 9.55 Å². The molecule has 0 amide bonds. The first-order valence-electron chi connectivity index (χ1n) is 5.33. The molecule has 4 heteroatoms. The van der Waals surface area contributed by atoms with Gasteiger partial charge in [0.1, 0.15) is 12.9 Å². The summed E-state index contributed by atoms with van der Waals surface area (Å²) >= 11 is 5.94. The molecule has 0 aliphatic heterocycles. The van der Waals surface area contributed by atoms with Crippen molar-refractivity contribution in [3.8, 4) is 11.4 Å². The third-order valence-electron chi connectivity index (χ3n) is 2.70. The number of aryl methyl sites for hydroxylation is 1. The minimum atomic E-state index is 0.715. The molecule has 2 heterocycles. The number of benzene rings is 1. The van der Waals surface area contributed by atoms with Gasteiger partial charge in [-0.05, 0) is 18.2 Å². The first kappa shape index (κ1) is 10.3. The van der Waals surface area contributed by atoms with Crippen LogP contribution in [0.5, 0.6) is 0 Å². The third-order valence-corrected chi connectivity index (χ3v) is 2.93. The number of halogens is 1. The molecule has 0 radical (unpaired) electrons. The number of pyridine rings is 1.